The highest BCUT2D eigenvalue weighted by Crippen LogP contribution is 2.26. The minimum absolute atomic E-state index is 0.0821. The molecule has 0 unspecified atom stereocenters. The van der Waals surface area contributed by atoms with Crippen molar-refractivity contribution in [2.45, 2.75) is 44.7 Å². The lowest BCUT2D eigenvalue weighted by Gasteiger charge is -2.33. The molecule has 0 aliphatic carbocycles. The van der Waals surface area contributed by atoms with Gasteiger partial charge in [0, 0.05) is 20.0 Å². The Morgan fingerprint density at radius 1 is 0.714 bits per heavy atom. The molecule has 0 aromatic heterocycles. The molecule has 4 aromatic rings. The van der Waals surface area contributed by atoms with E-state index in [-0.39, 0.29) is 23.8 Å². The van der Waals surface area contributed by atoms with Crippen molar-refractivity contribution in [1.29, 1.82) is 0 Å². The Bertz CT molecular complexity index is 1600. The first-order chi connectivity index (χ1) is 20.1. The molecule has 0 saturated carbocycles. The highest BCUT2D eigenvalue weighted by atomic mass is 32.2. The molecule has 0 radical (unpaired) electrons. The third-order valence-corrected chi connectivity index (χ3v) is 8.99. The number of rotatable bonds is 11. The zero-order valence-electron chi connectivity index (χ0n) is 24.4. The van der Waals surface area contributed by atoms with Crippen LogP contribution in [0.2, 0.25) is 0 Å². The van der Waals surface area contributed by atoms with Gasteiger partial charge in [0.1, 0.15) is 12.6 Å². The predicted molar refractivity (Wildman–Crippen MR) is 167 cm³/mol. The first kappa shape index (κ1) is 30.5. The van der Waals surface area contributed by atoms with Crippen molar-refractivity contribution in [2.75, 3.05) is 17.9 Å². The van der Waals surface area contributed by atoms with Gasteiger partial charge >= 0.3 is 0 Å². The summed E-state index contributed by atoms with van der Waals surface area (Å²) < 4.78 is 29.1. The minimum atomic E-state index is -4.12. The molecule has 0 aliphatic heterocycles. The highest BCUT2D eigenvalue weighted by Gasteiger charge is 2.34. The first-order valence-electron chi connectivity index (χ1n) is 13.8. The van der Waals surface area contributed by atoms with Gasteiger partial charge in [-0.25, -0.2) is 8.42 Å². The second kappa shape index (κ2) is 13.5. The average molecular weight is 584 g/mol. The van der Waals surface area contributed by atoms with Crippen LogP contribution in [0.1, 0.15) is 27.8 Å². The van der Waals surface area contributed by atoms with Crippen LogP contribution in [-0.4, -0.2) is 44.8 Å². The number of carbonyl (C=O) groups excluding carboxylic acids is 2. The molecule has 8 heteroatoms. The lowest BCUT2D eigenvalue weighted by Crippen LogP contribution is -2.53. The molecule has 4 aromatic carbocycles. The summed E-state index contributed by atoms with van der Waals surface area (Å²) in [7, 11) is -2.58. The van der Waals surface area contributed by atoms with Crippen LogP contribution in [0.4, 0.5) is 5.69 Å². The molecule has 2 amide bonds. The molecule has 1 atom stereocenters. The van der Waals surface area contributed by atoms with Crippen LogP contribution >= 0.6 is 0 Å². The third-order valence-electron chi connectivity index (χ3n) is 7.20. The van der Waals surface area contributed by atoms with Crippen LogP contribution in [0.15, 0.2) is 108 Å². The maximum Gasteiger partial charge on any atom is 0.264 e. The normalized spacial score (nSPS) is 11.9. The van der Waals surface area contributed by atoms with Gasteiger partial charge in [0.05, 0.1) is 10.6 Å². The van der Waals surface area contributed by atoms with E-state index in [2.05, 4.69) is 5.32 Å². The second-order valence-corrected chi connectivity index (χ2v) is 12.3. The third kappa shape index (κ3) is 7.44. The molecule has 1 N–H and O–H groups in total. The van der Waals surface area contributed by atoms with E-state index in [1.807, 2.05) is 87.5 Å². The molecule has 0 fully saturated rings. The van der Waals surface area contributed by atoms with Gasteiger partial charge < -0.3 is 10.2 Å². The largest absolute Gasteiger partial charge is 0.357 e. The van der Waals surface area contributed by atoms with E-state index in [1.165, 1.54) is 11.9 Å². The molecule has 218 valence electrons. The van der Waals surface area contributed by atoms with Gasteiger partial charge in [0.2, 0.25) is 11.8 Å². The van der Waals surface area contributed by atoms with E-state index in [4.69, 9.17) is 0 Å². The standard InChI is InChI=1S/C34H37N3O4S/c1-25-10-16-29(17-11-25)23-36(32(34(39)35-4)22-28-8-6-5-7-9-28)33(38)24-37(30-18-12-26(2)13-19-30)42(40,41)31-20-14-27(3)15-21-31/h5-21,32H,22-24H2,1-4H3,(H,35,39)/t32-/m0/s1. The Labute approximate surface area is 248 Å². The van der Waals surface area contributed by atoms with Crippen molar-refractivity contribution in [1.82, 2.24) is 10.2 Å². The molecule has 0 bridgehead atoms. The van der Waals surface area contributed by atoms with Crippen LogP contribution in [-0.2, 0) is 32.6 Å². The summed E-state index contributed by atoms with van der Waals surface area (Å²) in [6, 6.07) is 29.9. The number of hydrogen-bond donors (Lipinski definition) is 1. The molecule has 0 saturated heterocycles. The fourth-order valence-electron chi connectivity index (χ4n) is 4.69. The Kier molecular flexibility index (Phi) is 9.80. The molecule has 0 spiro atoms. The van der Waals surface area contributed by atoms with Crippen molar-refractivity contribution in [3.8, 4) is 0 Å². The smallest absolute Gasteiger partial charge is 0.264 e. The van der Waals surface area contributed by atoms with Crippen LogP contribution in [0.25, 0.3) is 0 Å². The molecule has 42 heavy (non-hydrogen) atoms. The molecule has 0 heterocycles. The summed E-state index contributed by atoms with van der Waals surface area (Å²) in [5.74, 6) is -0.820. The second-order valence-electron chi connectivity index (χ2n) is 10.5. The number of amides is 2. The van der Waals surface area contributed by atoms with Crippen molar-refractivity contribution in [2.24, 2.45) is 0 Å². The van der Waals surface area contributed by atoms with Gasteiger partial charge in [-0.3, -0.25) is 13.9 Å². The zero-order chi connectivity index (χ0) is 30.3. The average Bonchev–Trinajstić information content (AvgIpc) is 2.99. The van der Waals surface area contributed by atoms with Crippen LogP contribution in [0.3, 0.4) is 0 Å². The quantitative estimate of drug-likeness (QED) is 0.263. The summed E-state index contributed by atoms with van der Waals surface area (Å²) in [4.78, 5) is 29.2. The van der Waals surface area contributed by atoms with Crippen LogP contribution in [0.5, 0.6) is 0 Å². The van der Waals surface area contributed by atoms with Crippen molar-refractivity contribution in [3.63, 3.8) is 0 Å². The fourth-order valence-corrected chi connectivity index (χ4v) is 6.10. The Hall–Kier alpha value is -4.43. The number of anilines is 1. The van der Waals surface area contributed by atoms with Gasteiger partial charge in [0.25, 0.3) is 10.0 Å². The number of carbonyl (C=O) groups is 2. The SMILES string of the molecule is CNC(=O)[C@H](Cc1ccccc1)N(Cc1ccc(C)cc1)C(=O)CN(c1ccc(C)cc1)S(=O)(=O)c1ccc(C)cc1. The number of nitrogens with one attached hydrogen (secondary N) is 1. The number of aryl methyl sites for hydroxylation is 3. The maximum absolute atomic E-state index is 14.3. The van der Waals surface area contributed by atoms with Crippen LogP contribution < -0.4 is 9.62 Å². The van der Waals surface area contributed by atoms with E-state index in [9.17, 15) is 18.0 Å². The van der Waals surface area contributed by atoms with Gasteiger partial charge in [-0.2, -0.15) is 0 Å². The van der Waals surface area contributed by atoms with Gasteiger partial charge in [-0.1, -0.05) is 95.6 Å². The first-order valence-corrected chi connectivity index (χ1v) is 15.3. The van der Waals surface area contributed by atoms with E-state index < -0.39 is 28.5 Å². The monoisotopic (exact) mass is 583 g/mol. The van der Waals surface area contributed by atoms with E-state index in [0.29, 0.717) is 5.69 Å². The Balaban J connectivity index is 1.77. The lowest BCUT2D eigenvalue weighted by atomic mass is 10.0. The number of benzene rings is 4. The Morgan fingerprint density at radius 2 is 1.24 bits per heavy atom. The topological polar surface area (TPSA) is 86.8 Å². The van der Waals surface area contributed by atoms with Gasteiger partial charge in [0.15, 0.2) is 0 Å². The minimum Gasteiger partial charge on any atom is -0.357 e. The van der Waals surface area contributed by atoms with Gasteiger partial charge in [-0.15, -0.1) is 0 Å². The zero-order valence-corrected chi connectivity index (χ0v) is 25.3. The summed E-state index contributed by atoms with van der Waals surface area (Å²) in [5, 5.41) is 2.70. The number of hydrogen-bond acceptors (Lipinski definition) is 4. The van der Waals surface area contributed by atoms with Crippen molar-refractivity contribution < 1.29 is 18.0 Å². The summed E-state index contributed by atoms with van der Waals surface area (Å²) in [6.07, 6.45) is 0.271. The summed E-state index contributed by atoms with van der Waals surface area (Å²) >= 11 is 0. The van der Waals surface area contributed by atoms with Crippen molar-refractivity contribution in [3.05, 3.63) is 131 Å². The number of sulfonamides is 1. The molecule has 0 aliphatic rings. The molecular formula is C34H37N3O4S. The highest BCUT2D eigenvalue weighted by molar-refractivity contribution is 7.92. The number of nitrogens with zero attached hydrogens (tertiary/aromatic N) is 2. The maximum atomic E-state index is 14.3. The Morgan fingerprint density at radius 3 is 1.79 bits per heavy atom. The summed E-state index contributed by atoms with van der Waals surface area (Å²) in [6.45, 7) is 5.43. The summed E-state index contributed by atoms with van der Waals surface area (Å²) in [5.41, 5.74) is 5.03. The van der Waals surface area contributed by atoms with Gasteiger partial charge in [-0.05, 0) is 56.2 Å². The van der Waals surface area contributed by atoms with E-state index >= 15 is 0 Å². The van der Waals surface area contributed by atoms with Crippen LogP contribution in [0, 0.1) is 20.8 Å². The molecule has 7 nitrogen and oxygen atoms in total. The lowest BCUT2D eigenvalue weighted by molar-refractivity contribution is -0.139. The predicted octanol–water partition coefficient (Wildman–Crippen LogP) is 5.19. The number of likely N-dealkylation sites (N-methyl/N-ethyl adjacent to an activating group) is 1. The molecule has 4 rings (SSSR count). The molecular weight excluding hydrogens is 546 g/mol. The van der Waals surface area contributed by atoms with E-state index in [1.54, 1.807) is 36.4 Å². The van der Waals surface area contributed by atoms with E-state index in [0.717, 1.165) is 32.1 Å². The van der Waals surface area contributed by atoms with Crippen molar-refractivity contribution >= 4 is 27.5 Å². The fraction of sp³-hybridized carbons (Fsp3) is 0.235.